The first-order chi connectivity index (χ1) is 7.81. The third-order valence-corrected chi connectivity index (χ3v) is 2.85. The van der Waals surface area contributed by atoms with Gasteiger partial charge in [0.05, 0.1) is 5.56 Å². The molecule has 0 unspecified atom stereocenters. The summed E-state index contributed by atoms with van der Waals surface area (Å²) in [4.78, 5) is 0. The molecule has 1 aromatic heterocycles. The lowest BCUT2D eigenvalue weighted by molar-refractivity contribution is 0.500. The highest BCUT2D eigenvalue weighted by atomic mass is 79.9. The third-order valence-electron chi connectivity index (χ3n) is 2.16. The zero-order chi connectivity index (χ0) is 11.4. The molecular weight excluding hydrogens is 270 g/mol. The van der Waals surface area contributed by atoms with Crippen LogP contribution in [-0.2, 0) is 6.42 Å². The highest BCUT2D eigenvalue weighted by molar-refractivity contribution is 9.10. The topological polar surface area (TPSA) is 51.0 Å². The summed E-state index contributed by atoms with van der Waals surface area (Å²) in [6.07, 6.45) is 0.744. The average molecular weight is 282 g/mol. The Morgan fingerprint density at radius 3 is 2.88 bits per heavy atom. The van der Waals surface area contributed by atoms with E-state index in [9.17, 15) is 0 Å². The number of likely N-dealkylation sites (N-methyl/N-ethyl adjacent to an activating group) is 1. The van der Waals surface area contributed by atoms with Crippen molar-refractivity contribution in [3.63, 3.8) is 0 Å². The summed E-state index contributed by atoms with van der Waals surface area (Å²) in [5.41, 5.74) is 0.922. The van der Waals surface area contributed by atoms with Crippen molar-refractivity contribution < 1.29 is 4.42 Å². The fourth-order valence-electron chi connectivity index (χ4n) is 1.33. The molecule has 0 radical (unpaired) electrons. The molecule has 16 heavy (non-hydrogen) atoms. The van der Waals surface area contributed by atoms with Crippen LogP contribution >= 0.6 is 15.9 Å². The normalized spacial score (nSPS) is 10.6. The molecule has 4 nitrogen and oxygen atoms in total. The first-order valence-electron chi connectivity index (χ1n) is 5.03. The van der Waals surface area contributed by atoms with Gasteiger partial charge >= 0.3 is 0 Å². The van der Waals surface area contributed by atoms with Crippen LogP contribution in [0.2, 0.25) is 0 Å². The predicted molar refractivity (Wildman–Crippen MR) is 65.1 cm³/mol. The first kappa shape index (κ1) is 11.3. The smallest absolute Gasteiger partial charge is 0.248 e. The first-order valence-corrected chi connectivity index (χ1v) is 5.82. The third kappa shape index (κ3) is 2.48. The van der Waals surface area contributed by atoms with Crippen molar-refractivity contribution in [2.45, 2.75) is 6.42 Å². The monoisotopic (exact) mass is 281 g/mol. The minimum Gasteiger partial charge on any atom is -0.421 e. The van der Waals surface area contributed by atoms with Crippen LogP contribution < -0.4 is 5.32 Å². The molecule has 0 amide bonds. The van der Waals surface area contributed by atoms with Gasteiger partial charge in [-0.25, -0.2) is 0 Å². The molecule has 0 aliphatic rings. The second-order valence-electron chi connectivity index (χ2n) is 3.33. The van der Waals surface area contributed by atoms with Crippen LogP contribution in [0, 0.1) is 0 Å². The maximum absolute atomic E-state index is 5.56. The van der Waals surface area contributed by atoms with Crippen LogP contribution in [0.1, 0.15) is 5.89 Å². The van der Waals surface area contributed by atoms with Crippen molar-refractivity contribution in [2.24, 2.45) is 0 Å². The Labute approximate surface area is 102 Å². The van der Waals surface area contributed by atoms with E-state index in [1.165, 1.54) is 0 Å². The molecule has 84 valence electrons. The van der Waals surface area contributed by atoms with Crippen LogP contribution in [0.5, 0.6) is 0 Å². The number of benzene rings is 1. The number of nitrogens with one attached hydrogen (secondary N) is 1. The minimum absolute atomic E-state index is 0.554. The Kier molecular flexibility index (Phi) is 3.69. The molecule has 1 aromatic carbocycles. The molecule has 1 heterocycles. The summed E-state index contributed by atoms with van der Waals surface area (Å²) in [5, 5.41) is 11.1. The molecule has 0 saturated carbocycles. The molecule has 0 spiro atoms. The molecule has 0 aliphatic carbocycles. The Balaban J connectivity index is 2.22. The van der Waals surface area contributed by atoms with E-state index in [4.69, 9.17) is 4.42 Å². The summed E-state index contributed by atoms with van der Waals surface area (Å²) in [7, 11) is 1.89. The maximum Gasteiger partial charge on any atom is 0.248 e. The van der Waals surface area contributed by atoms with Crippen molar-refractivity contribution in [1.29, 1.82) is 0 Å². The number of halogens is 1. The van der Waals surface area contributed by atoms with Gasteiger partial charge in [-0.15, -0.1) is 10.2 Å². The average Bonchev–Trinajstić information content (AvgIpc) is 2.75. The van der Waals surface area contributed by atoms with Crippen LogP contribution in [0.15, 0.2) is 33.2 Å². The second kappa shape index (κ2) is 5.23. The van der Waals surface area contributed by atoms with E-state index in [1.807, 2.05) is 31.3 Å². The summed E-state index contributed by atoms with van der Waals surface area (Å²) in [6, 6.07) is 7.79. The maximum atomic E-state index is 5.56. The summed E-state index contributed by atoms with van der Waals surface area (Å²) in [6.45, 7) is 0.831. The van der Waals surface area contributed by atoms with Gasteiger partial charge in [0.1, 0.15) is 0 Å². The molecule has 0 fully saturated rings. The Morgan fingerprint density at radius 1 is 1.31 bits per heavy atom. The van der Waals surface area contributed by atoms with Gasteiger partial charge < -0.3 is 9.73 Å². The Hall–Kier alpha value is -1.20. The lowest BCUT2D eigenvalue weighted by atomic mass is 10.2. The molecule has 0 aliphatic heterocycles. The van der Waals surface area contributed by atoms with Gasteiger partial charge in [-0.3, -0.25) is 0 Å². The van der Waals surface area contributed by atoms with Gasteiger partial charge in [0, 0.05) is 17.4 Å². The summed E-state index contributed by atoms with van der Waals surface area (Å²) < 4.78 is 6.52. The largest absolute Gasteiger partial charge is 0.421 e. The van der Waals surface area contributed by atoms with E-state index in [2.05, 4.69) is 31.4 Å². The second-order valence-corrected chi connectivity index (χ2v) is 4.19. The van der Waals surface area contributed by atoms with E-state index in [-0.39, 0.29) is 0 Å². The van der Waals surface area contributed by atoms with Crippen molar-refractivity contribution in [2.75, 3.05) is 13.6 Å². The van der Waals surface area contributed by atoms with Gasteiger partial charge in [-0.2, -0.15) is 0 Å². The van der Waals surface area contributed by atoms with E-state index in [0.29, 0.717) is 11.8 Å². The number of hydrogen-bond acceptors (Lipinski definition) is 4. The molecule has 0 saturated heterocycles. The van der Waals surface area contributed by atoms with E-state index < -0.39 is 0 Å². The van der Waals surface area contributed by atoms with Crippen molar-refractivity contribution in [1.82, 2.24) is 15.5 Å². The fourth-order valence-corrected chi connectivity index (χ4v) is 1.78. The molecular formula is C11H12BrN3O. The zero-order valence-electron chi connectivity index (χ0n) is 8.90. The molecule has 2 rings (SSSR count). The van der Waals surface area contributed by atoms with E-state index >= 15 is 0 Å². The lowest BCUT2D eigenvalue weighted by Crippen LogP contribution is -2.10. The SMILES string of the molecule is CNCCc1nnc(-c2ccccc2Br)o1. The molecule has 2 aromatic rings. The number of nitrogens with zero attached hydrogens (tertiary/aromatic N) is 2. The Bertz CT molecular complexity index is 470. The van der Waals surface area contributed by atoms with Gasteiger partial charge in [-0.05, 0) is 35.1 Å². The predicted octanol–water partition coefficient (Wildman–Crippen LogP) is 2.26. The molecule has 0 atom stereocenters. The number of hydrogen-bond donors (Lipinski definition) is 1. The van der Waals surface area contributed by atoms with Crippen LogP contribution in [0.3, 0.4) is 0 Å². The highest BCUT2D eigenvalue weighted by Gasteiger charge is 2.10. The van der Waals surface area contributed by atoms with Gasteiger partial charge in [0.25, 0.3) is 0 Å². The van der Waals surface area contributed by atoms with Crippen molar-refractivity contribution in [3.8, 4) is 11.5 Å². The lowest BCUT2D eigenvalue weighted by Gasteiger charge is -1.97. The highest BCUT2D eigenvalue weighted by Crippen LogP contribution is 2.26. The van der Waals surface area contributed by atoms with Crippen molar-refractivity contribution >= 4 is 15.9 Å². The molecule has 1 N–H and O–H groups in total. The van der Waals surface area contributed by atoms with Gasteiger partial charge in [0.15, 0.2) is 0 Å². The van der Waals surface area contributed by atoms with Crippen molar-refractivity contribution in [3.05, 3.63) is 34.6 Å². The minimum atomic E-state index is 0.554. The zero-order valence-corrected chi connectivity index (χ0v) is 10.5. The fraction of sp³-hybridized carbons (Fsp3) is 0.273. The number of aromatic nitrogens is 2. The van der Waals surface area contributed by atoms with E-state index in [1.54, 1.807) is 0 Å². The van der Waals surface area contributed by atoms with Gasteiger partial charge in [-0.1, -0.05) is 12.1 Å². The Morgan fingerprint density at radius 2 is 2.12 bits per heavy atom. The number of rotatable bonds is 4. The van der Waals surface area contributed by atoms with Crippen LogP contribution in [-0.4, -0.2) is 23.8 Å². The van der Waals surface area contributed by atoms with Gasteiger partial charge in [0.2, 0.25) is 11.8 Å². The van der Waals surface area contributed by atoms with Crippen LogP contribution in [0.25, 0.3) is 11.5 Å². The summed E-state index contributed by atoms with van der Waals surface area (Å²) >= 11 is 3.45. The summed E-state index contributed by atoms with van der Waals surface area (Å²) in [5.74, 6) is 1.21. The quantitative estimate of drug-likeness (QED) is 0.934. The standard InChI is InChI=1S/C11H12BrN3O/c1-13-7-6-10-14-15-11(16-10)8-4-2-3-5-9(8)12/h2-5,13H,6-7H2,1H3. The molecule has 0 bridgehead atoms. The van der Waals surface area contributed by atoms with E-state index in [0.717, 1.165) is 23.0 Å². The molecule has 5 heteroatoms. The van der Waals surface area contributed by atoms with Crippen LogP contribution in [0.4, 0.5) is 0 Å².